The van der Waals surface area contributed by atoms with Crippen molar-refractivity contribution in [2.24, 2.45) is 17.6 Å². The summed E-state index contributed by atoms with van der Waals surface area (Å²) in [5.41, 5.74) is 7.10. The minimum Gasteiger partial charge on any atom is -0.488 e. The molecule has 1 aliphatic rings. The summed E-state index contributed by atoms with van der Waals surface area (Å²) in [4.78, 5) is 0. The van der Waals surface area contributed by atoms with Gasteiger partial charge in [-0.15, -0.1) is 0 Å². The van der Waals surface area contributed by atoms with E-state index in [-0.39, 0.29) is 6.04 Å². The monoisotopic (exact) mass is 417 g/mol. The summed E-state index contributed by atoms with van der Waals surface area (Å²) in [6, 6.07) is 4.41. The lowest BCUT2D eigenvalue weighted by Crippen LogP contribution is -2.28. The van der Waals surface area contributed by atoms with Gasteiger partial charge in [-0.3, -0.25) is 0 Å². The first-order valence-electron chi connectivity index (χ1n) is 7.75. The minimum absolute atomic E-state index is 0.163. The smallest absolute Gasteiger partial charge is 0.148 e. The molecule has 0 aromatic heterocycles. The first-order valence-corrected chi connectivity index (χ1v) is 9.34. The average molecular weight is 419 g/mol. The highest BCUT2D eigenvalue weighted by atomic mass is 79.9. The highest BCUT2D eigenvalue weighted by molar-refractivity contribution is 9.11. The zero-order valence-corrected chi connectivity index (χ0v) is 16.2. The van der Waals surface area contributed by atoms with Gasteiger partial charge in [-0.2, -0.15) is 0 Å². The normalized spacial score (nSPS) is 27.4. The van der Waals surface area contributed by atoms with Crippen LogP contribution in [0.2, 0.25) is 0 Å². The molecule has 3 atom stereocenters. The van der Waals surface area contributed by atoms with Crippen molar-refractivity contribution in [1.29, 1.82) is 0 Å². The van der Waals surface area contributed by atoms with Gasteiger partial charge in [0, 0.05) is 6.04 Å². The van der Waals surface area contributed by atoms with Crippen LogP contribution in [0.5, 0.6) is 5.75 Å². The van der Waals surface area contributed by atoms with Crippen LogP contribution in [0.4, 0.5) is 0 Å². The lowest BCUT2D eigenvalue weighted by molar-refractivity contribution is 0.0996. The Hall–Kier alpha value is -0.0600. The molecule has 0 spiro atoms. The molecule has 118 valence electrons. The van der Waals surface area contributed by atoms with Gasteiger partial charge in [-0.05, 0) is 94.0 Å². The molecule has 0 aliphatic heterocycles. The highest BCUT2D eigenvalue weighted by Gasteiger charge is 2.26. The molecule has 1 aromatic carbocycles. The van der Waals surface area contributed by atoms with Gasteiger partial charge in [-0.25, -0.2) is 0 Å². The molecule has 1 saturated carbocycles. The van der Waals surface area contributed by atoms with Crippen LogP contribution in [0.3, 0.4) is 0 Å². The van der Waals surface area contributed by atoms with Crippen molar-refractivity contribution in [1.82, 2.24) is 0 Å². The lowest BCUT2D eigenvalue weighted by Gasteiger charge is -2.32. The number of nitrogens with two attached hydrogens (primary N) is 1. The van der Waals surface area contributed by atoms with Gasteiger partial charge in [0.15, 0.2) is 0 Å². The van der Waals surface area contributed by atoms with Crippen LogP contribution in [0, 0.1) is 11.8 Å². The second kappa shape index (κ2) is 7.47. The van der Waals surface area contributed by atoms with E-state index in [0.717, 1.165) is 45.8 Å². The molecule has 21 heavy (non-hydrogen) atoms. The Bertz CT molecular complexity index is 457. The Morgan fingerprint density at radius 2 is 1.67 bits per heavy atom. The molecule has 4 heteroatoms. The average Bonchev–Trinajstić information content (AvgIpc) is 2.31. The van der Waals surface area contributed by atoms with E-state index in [0.29, 0.717) is 6.10 Å². The zero-order chi connectivity index (χ0) is 15.6. The zero-order valence-electron chi connectivity index (χ0n) is 13.0. The van der Waals surface area contributed by atoms with E-state index in [9.17, 15) is 0 Å². The first-order chi connectivity index (χ1) is 9.85. The van der Waals surface area contributed by atoms with Crippen molar-refractivity contribution in [3.8, 4) is 5.75 Å². The molecule has 0 radical (unpaired) electrons. The maximum Gasteiger partial charge on any atom is 0.148 e. The van der Waals surface area contributed by atoms with Crippen LogP contribution in [0.25, 0.3) is 0 Å². The number of rotatable bonds is 4. The van der Waals surface area contributed by atoms with Gasteiger partial charge in [0.25, 0.3) is 0 Å². The Morgan fingerprint density at radius 3 is 2.14 bits per heavy atom. The molecular weight excluding hydrogens is 394 g/mol. The van der Waals surface area contributed by atoms with E-state index in [1.807, 2.05) is 6.92 Å². The summed E-state index contributed by atoms with van der Waals surface area (Å²) in [7, 11) is 0. The van der Waals surface area contributed by atoms with Gasteiger partial charge in [0.05, 0.1) is 15.0 Å². The quantitative estimate of drug-likeness (QED) is 0.719. The minimum atomic E-state index is 0.163. The third-order valence-electron chi connectivity index (χ3n) is 4.04. The van der Waals surface area contributed by atoms with Crippen molar-refractivity contribution in [3.63, 3.8) is 0 Å². The Balaban J connectivity index is 2.13. The van der Waals surface area contributed by atoms with E-state index >= 15 is 0 Å². The Labute approximate surface area is 145 Å². The maximum atomic E-state index is 6.29. The molecule has 0 saturated heterocycles. The van der Waals surface area contributed by atoms with Crippen LogP contribution in [0.15, 0.2) is 21.1 Å². The Morgan fingerprint density at radius 1 is 1.14 bits per heavy atom. The number of hydrogen-bond donors (Lipinski definition) is 1. The van der Waals surface area contributed by atoms with Crippen molar-refractivity contribution >= 4 is 31.9 Å². The fourth-order valence-corrected chi connectivity index (χ4v) is 4.82. The van der Waals surface area contributed by atoms with Gasteiger partial charge >= 0.3 is 0 Å². The molecule has 0 heterocycles. The van der Waals surface area contributed by atoms with Crippen molar-refractivity contribution in [2.45, 2.75) is 58.6 Å². The number of hydrogen-bond acceptors (Lipinski definition) is 2. The predicted molar refractivity (Wildman–Crippen MR) is 95.8 cm³/mol. The van der Waals surface area contributed by atoms with Crippen LogP contribution >= 0.6 is 31.9 Å². The highest BCUT2D eigenvalue weighted by Crippen LogP contribution is 2.39. The van der Waals surface area contributed by atoms with Gasteiger partial charge in [-0.1, -0.05) is 13.8 Å². The molecule has 2 rings (SSSR count). The first kappa shape index (κ1) is 17.3. The third kappa shape index (κ3) is 4.97. The van der Waals surface area contributed by atoms with Crippen molar-refractivity contribution < 1.29 is 4.74 Å². The summed E-state index contributed by atoms with van der Waals surface area (Å²) in [6.45, 7) is 6.67. The molecule has 3 unspecified atom stereocenters. The second-order valence-electron chi connectivity index (χ2n) is 6.73. The topological polar surface area (TPSA) is 35.2 Å². The summed E-state index contributed by atoms with van der Waals surface area (Å²) in [5.74, 6) is 2.41. The van der Waals surface area contributed by atoms with Crippen molar-refractivity contribution in [2.75, 3.05) is 0 Å². The summed E-state index contributed by atoms with van der Waals surface area (Å²) < 4.78 is 8.32. The molecule has 1 fully saturated rings. The predicted octanol–water partition coefficient (Wildman–Crippen LogP) is 5.30. The standard InChI is InChI=1S/C17H25Br2NO/c1-10-4-11(2)6-14(5-10)21-17-15(18)8-13(7-12(3)20)9-16(17)19/h8-12,14H,4-7,20H2,1-3H3. The fraction of sp³-hybridized carbons (Fsp3) is 0.647. The molecule has 1 aliphatic carbocycles. The summed E-state index contributed by atoms with van der Waals surface area (Å²) in [5, 5.41) is 0. The number of benzene rings is 1. The van der Waals surface area contributed by atoms with E-state index < -0.39 is 0 Å². The van der Waals surface area contributed by atoms with Crippen LogP contribution < -0.4 is 10.5 Å². The van der Waals surface area contributed by atoms with E-state index in [2.05, 4.69) is 57.8 Å². The second-order valence-corrected chi connectivity index (χ2v) is 8.44. The largest absolute Gasteiger partial charge is 0.488 e. The number of ether oxygens (including phenoxy) is 1. The van der Waals surface area contributed by atoms with E-state index in [1.54, 1.807) is 0 Å². The van der Waals surface area contributed by atoms with Crippen LogP contribution in [-0.4, -0.2) is 12.1 Å². The maximum absolute atomic E-state index is 6.29. The van der Waals surface area contributed by atoms with Crippen LogP contribution in [0.1, 0.15) is 45.6 Å². The van der Waals surface area contributed by atoms with E-state index in [4.69, 9.17) is 10.5 Å². The molecule has 0 amide bonds. The molecular formula is C17H25Br2NO. The molecule has 2 nitrogen and oxygen atoms in total. The third-order valence-corrected chi connectivity index (χ3v) is 5.21. The molecule has 2 N–H and O–H groups in total. The number of halogens is 2. The molecule has 0 bridgehead atoms. The van der Waals surface area contributed by atoms with Gasteiger partial charge < -0.3 is 10.5 Å². The fourth-order valence-electron chi connectivity index (χ4n) is 3.35. The summed E-state index contributed by atoms with van der Waals surface area (Å²) >= 11 is 7.30. The van der Waals surface area contributed by atoms with Crippen LogP contribution in [-0.2, 0) is 6.42 Å². The van der Waals surface area contributed by atoms with Gasteiger partial charge in [0.1, 0.15) is 5.75 Å². The Kier molecular flexibility index (Phi) is 6.15. The van der Waals surface area contributed by atoms with Crippen molar-refractivity contribution in [3.05, 3.63) is 26.6 Å². The van der Waals surface area contributed by atoms with Gasteiger partial charge in [0.2, 0.25) is 0 Å². The lowest BCUT2D eigenvalue weighted by atomic mass is 9.82. The molecule has 1 aromatic rings. The SMILES string of the molecule is CC(N)Cc1cc(Br)c(OC2CC(C)CC(C)C2)c(Br)c1. The summed E-state index contributed by atoms with van der Waals surface area (Å²) in [6.07, 6.45) is 4.79. The van der Waals surface area contributed by atoms with E-state index in [1.165, 1.54) is 12.0 Å².